The molecule has 20 heavy (non-hydrogen) atoms. The summed E-state index contributed by atoms with van der Waals surface area (Å²) in [7, 11) is 0. The van der Waals surface area contributed by atoms with Crippen molar-refractivity contribution in [3.05, 3.63) is 34.1 Å². The van der Waals surface area contributed by atoms with Gasteiger partial charge < -0.3 is 5.32 Å². The fourth-order valence-corrected chi connectivity index (χ4v) is 3.64. The molecule has 1 aliphatic carbocycles. The molecule has 2 nitrogen and oxygen atoms in total. The van der Waals surface area contributed by atoms with Crippen molar-refractivity contribution in [1.29, 1.82) is 0 Å². The zero-order valence-electron chi connectivity index (χ0n) is 12.1. The number of nitrogens with zero attached hydrogens (tertiary/aromatic N) is 1. The topological polar surface area (TPSA) is 15.3 Å². The highest BCUT2D eigenvalue weighted by molar-refractivity contribution is 9.10. The molecular formula is C16H22BrFN2. The molecule has 2 atom stereocenters. The summed E-state index contributed by atoms with van der Waals surface area (Å²) in [5, 5.41) is 3.70. The molecule has 1 aromatic rings. The molecule has 1 N–H and O–H groups in total. The van der Waals surface area contributed by atoms with E-state index < -0.39 is 0 Å². The highest BCUT2D eigenvalue weighted by atomic mass is 79.9. The van der Waals surface area contributed by atoms with Crippen molar-refractivity contribution >= 4 is 15.9 Å². The van der Waals surface area contributed by atoms with Crippen LogP contribution in [0.4, 0.5) is 4.39 Å². The summed E-state index contributed by atoms with van der Waals surface area (Å²) in [6.45, 7) is 7.22. The number of piperazine rings is 1. The second-order valence-electron chi connectivity index (χ2n) is 6.56. The second kappa shape index (κ2) is 5.39. The van der Waals surface area contributed by atoms with E-state index in [9.17, 15) is 4.39 Å². The highest BCUT2D eigenvalue weighted by Gasteiger charge is 2.45. The minimum Gasteiger partial charge on any atom is -0.308 e. The van der Waals surface area contributed by atoms with Crippen molar-refractivity contribution in [2.45, 2.75) is 44.8 Å². The molecule has 1 heterocycles. The molecule has 0 bridgehead atoms. The number of benzene rings is 1. The Morgan fingerprint density at radius 3 is 2.90 bits per heavy atom. The van der Waals surface area contributed by atoms with Crippen molar-refractivity contribution in [3.8, 4) is 0 Å². The second-order valence-corrected chi connectivity index (χ2v) is 7.48. The first-order valence-corrected chi connectivity index (χ1v) is 8.20. The first-order valence-electron chi connectivity index (χ1n) is 7.41. The van der Waals surface area contributed by atoms with Gasteiger partial charge >= 0.3 is 0 Å². The number of hydrogen-bond acceptors (Lipinski definition) is 2. The molecule has 2 unspecified atom stereocenters. The first kappa shape index (κ1) is 14.5. The molecule has 0 aromatic heterocycles. The van der Waals surface area contributed by atoms with E-state index in [2.05, 4.69) is 40.0 Å². The van der Waals surface area contributed by atoms with Crippen molar-refractivity contribution in [1.82, 2.24) is 10.2 Å². The van der Waals surface area contributed by atoms with E-state index in [4.69, 9.17) is 0 Å². The molecule has 0 amide bonds. The van der Waals surface area contributed by atoms with Crippen LogP contribution < -0.4 is 5.32 Å². The Balaban J connectivity index is 1.76. The van der Waals surface area contributed by atoms with Gasteiger partial charge in [0.25, 0.3) is 0 Å². The van der Waals surface area contributed by atoms with Gasteiger partial charge in [0.1, 0.15) is 5.82 Å². The van der Waals surface area contributed by atoms with Crippen LogP contribution in [0.1, 0.15) is 32.3 Å². The molecule has 1 saturated heterocycles. The van der Waals surface area contributed by atoms with E-state index in [1.807, 2.05) is 6.07 Å². The SMILES string of the molecule is CC1CNC(C)(C2CC2)CN1Cc1cc(Br)ccc1F. The monoisotopic (exact) mass is 340 g/mol. The average Bonchev–Trinajstić information content (AvgIpc) is 3.23. The number of halogens is 2. The van der Waals surface area contributed by atoms with Crippen LogP contribution in [0.25, 0.3) is 0 Å². The van der Waals surface area contributed by atoms with Crippen LogP contribution in [0.15, 0.2) is 22.7 Å². The Morgan fingerprint density at radius 1 is 1.45 bits per heavy atom. The van der Waals surface area contributed by atoms with Gasteiger partial charge in [-0.3, -0.25) is 4.90 Å². The minimum absolute atomic E-state index is 0.105. The fraction of sp³-hybridized carbons (Fsp3) is 0.625. The van der Waals surface area contributed by atoms with Crippen LogP contribution in [0, 0.1) is 11.7 Å². The maximum Gasteiger partial charge on any atom is 0.127 e. The van der Waals surface area contributed by atoms with Crippen LogP contribution in [0.5, 0.6) is 0 Å². The summed E-state index contributed by atoms with van der Waals surface area (Å²) >= 11 is 3.43. The lowest BCUT2D eigenvalue weighted by Crippen LogP contribution is -2.62. The van der Waals surface area contributed by atoms with Gasteiger partial charge in [-0.15, -0.1) is 0 Å². The molecule has 4 heteroatoms. The summed E-state index contributed by atoms with van der Waals surface area (Å²) in [6, 6.07) is 5.65. The maximum atomic E-state index is 14.0. The molecule has 1 aliphatic heterocycles. The third-order valence-corrected chi connectivity index (χ3v) is 5.31. The Morgan fingerprint density at radius 2 is 2.20 bits per heavy atom. The third-order valence-electron chi connectivity index (χ3n) is 4.82. The Hall–Kier alpha value is -0.450. The zero-order valence-corrected chi connectivity index (χ0v) is 13.7. The smallest absolute Gasteiger partial charge is 0.127 e. The van der Waals surface area contributed by atoms with Gasteiger partial charge in [0.05, 0.1) is 0 Å². The van der Waals surface area contributed by atoms with Crippen molar-refractivity contribution in [3.63, 3.8) is 0 Å². The minimum atomic E-state index is -0.105. The van der Waals surface area contributed by atoms with Crippen molar-refractivity contribution in [2.75, 3.05) is 13.1 Å². The van der Waals surface area contributed by atoms with Crippen LogP contribution in [0.2, 0.25) is 0 Å². The molecule has 2 fully saturated rings. The molecular weight excluding hydrogens is 319 g/mol. The Bertz CT molecular complexity index is 503. The molecule has 3 rings (SSSR count). The van der Waals surface area contributed by atoms with E-state index in [-0.39, 0.29) is 11.4 Å². The van der Waals surface area contributed by atoms with Crippen LogP contribution in [0.3, 0.4) is 0 Å². The van der Waals surface area contributed by atoms with Crippen LogP contribution >= 0.6 is 15.9 Å². The number of nitrogens with one attached hydrogen (secondary N) is 1. The predicted molar refractivity (Wildman–Crippen MR) is 83.1 cm³/mol. The summed E-state index contributed by atoms with van der Waals surface area (Å²) in [5.74, 6) is 0.692. The van der Waals surface area contributed by atoms with Crippen molar-refractivity contribution in [2.24, 2.45) is 5.92 Å². The quantitative estimate of drug-likeness (QED) is 0.905. The maximum absolute atomic E-state index is 14.0. The predicted octanol–water partition coefficient (Wildman–Crippen LogP) is 3.55. The van der Waals surface area contributed by atoms with E-state index >= 15 is 0 Å². The van der Waals surface area contributed by atoms with Gasteiger partial charge in [-0.25, -0.2) is 4.39 Å². The van der Waals surface area contributed by atoms with E-state index in [0.29, 0.717) is 12.6 Å². The molecule has 0 spiro atoms. The zero-order chi connectivity index (χ0) is 14.3. The van der Waals surface area contributed by atoms with Crippen molar-refractivity contribution < 1.29 is 4.39 Å². The summed E-state index contributed by atoms with van der Waals surface area (Å²) in [4.78, 5) is 2.42. The van der Waals surface area contributed by atoms with E-state index in [0.717, 1.165) is 29.0 Å². The molecule has 1 aromatic carbocycles. The lowest BCUT2D eigenvalue weighted by atomic mass is 9.91. The summed E-state index contributed by atoms with van der Waals surface area (Å²) in [5.41, 5.74) is 0.987. The van der Waals surface area contributed by atoms with E-state index in [1.54, 1.807) is 12.1 Å². The Kier molecular flexibility index (Phi) is 3.91. The van der Waals surface area contributed by atoms with Gasteiger partial charge in [0.2, 0.25) is 0 Å². The lowest BCUT2D eigenvalue weighted by Gasteiger charge is -2.45. The lowest BCUT2D eigenvalue weighted by molar-refractivity contribution is 0.0761. The van der Waals surface area contributed by atoms with Gasteiger partial charge in [0.15, 0.2) is 0 Å². The van der Waals surface area contributed by atoms with E-state index in [1.165, 1.54) is 12.8 Å². The van der Waals surface area contributed by atoms with Gasteiger partial charge in [-0.1, -0.05) is 15.9 Å². The molecule has 110 valence electrons. The summed E-state index contributed by atoms with van der Waals surface area (Å²) < 4.78 is 14.9. The number of hydrogen-bond donors (Lipinski definition) is 1. The van der Waals surface area contributed by atoms with Gasteiger partial charge in [-0.2, -0.15) is 0 Å². The molecule has 0 radical (unpaired) electrons. The normalized spacial score (nSPS) is 31.5. The Labute approximate surface area is 128 Å². The van der Waals surface area contributed by atoms with Crippen LogP contribution in [-0.2, 0) is 6.54 Å². The molecule has 2 aliphatic rings. The van der Waals surface area contributed by atoms with Crippen LogP contribution in [-0.4, -0.2) is 29.6 Å². The van der Waals surface area contributed by atoms with Gasteiger partial charge in [-0.05, 0) is 50.8 Å². The first-order chi connectivity index (χ1) is 9.48. The summed E-state index contributed by atoms with van der Waals surface area (Å²) in [6.07, 6.45) is 2.66. The molecule has 1 saturated carbocycles. The standard InChI is InChI=1S/C16H22BrFN2/c1-11-8-19-16(2,13-3-4-13)10-20(11)9-12-7-14(17)5-6-15(12)18/h5-7,11,13,19H,3-4,8-10H2,1-2H3. The van der Waals surface area contributed by atoms with Gasteiger partial charge in [0, 0.05) is 41.3 Å². The third kappa shape index (κ3) is 2.92. The highest BCUT2D eigenvalue weighted by Crippen LogP contribution is 2.41. The fourth-order valence-electron chi connectivity index (χ4n) is 3.23. The average molecular weight is 341 g/mol. The number of rotatable bonds is 3. The largest absolute Gasteiger partial charge is 0.308 e.